The van der Waals surface area contributed by atoms with Crippen LogP contribution in [0.15, 0.2) is 42.6 Å². The van der Waals surface area contributed by atoms with E-state index >= 15 is 0 Å². The number of pyridine rings is 1. The van der Waals surface area contributed by atoms with E-state index in [1.165, 1.54) is 12.1 Å². The molecule has 1 atom stereocenters. The van der Waals surface area contributed by atoms with E-state index in [2.05, 4.69) is 28.6 Å². The third kappa shape index (κ3) is 5.41. The van der Waals surface area contributed by atoms with Crippen LogP contribution in [0, 0.1) is 12.8 Å². The molecule has 1 fully saturated rings. The Bertz CT molecular complexity index is 1260. The summed E-state index contributed by atoms with van der Waals surface area (Å²) >= 11 is 0. The first-order chi connectivity index (χ1) is 16.9. The third-order valence-corrected chi connectivity index (χ3v) is 6.69. The van der Waals surface area contributed by atoms with Gasteiger partial charge in [-0.25, -0.2) is 9.78 Å². The zero-order chi connectivity index (χ0) is 26.2. The Balaban J connectivity index is 1.56. The highest BCUT2D eigenvalue weighted by Gasteiger charge is 2.32. The van der Waals surface area contributed by atoms with Crippen LogP contribution in [-0.4, -0.2) is 51.7 Å². The first-order valence-corrected chi connectivity index (χ1v) is 11.9. The van der Waals surface area contributed by atoms with E-state index in [0.717, 1.165) is 35.2 Å². The van der Waals surface area contributed by atoms with Crippen molar-refractivity contribution in [2.45, 2.75) is 46.0 Å². The number of rotatable bonds is 6. The Hall–Kier alpha value is -3.33. The number of alkyl halides is 3. The number of benzene rings is 2. The van der Waals surface area contributed by atoms with E-state index in [0.29, 0.717) is 43.3 Å². The van der Waals surface area contributed by atoms with Crippen LogP contribution in [0.1, 0.15) is 47.3 Å². The number of fused-ring (bicyclic) bond motifs is 1. The monoisotopic (exact) mass is 501 g/mol. The highest BCUT2D eigenvalue weighted by Crippen LogP contribution is 2.33. The molecule has 6 nitrogen and oxygen atoms in total. The zero-order valence-electron chi connectivity index (χ0n) is 20.5. The minimum absolute atomic E-state index is 0.0801. The van der Waals surface area contributed by atoms with Gasteiger partial charge in [-0.05, 0) is 60.0 Å². The SMILES string of the molecule is Cc1cc(CN2CCN(c3ccc(C(F)(F)F)cn3)[C@H](CC(C)C)C2)cc2c(O)c(C(=O)O)ccc12. The molecule has 1 saturated heterocycles. The molecule has 0 radical (unpaired) electrons. The standard InChI is InChI=1S/C27H30F3N3O3/c1-16(2)10-20-15-32(8-9-33(20)24-7-4-19(13-31-24)27(28,29)30)14-18-11-17(3)21-5-6-22(26(35)36)25(34)23(21)12-18/h4-7,11-13,16,20,34H,8-10,14-15H2,1-3H3,(H,35,36)/t20-/m1/s1. The normalized spacial score (nSPS) is 17.2. The van der Waals surface area contributed by atoms with E-state index in [9.17, 15) is 28.2 Å². The van der Waals surface area contributed by atoms with E-state index < -0.39 is 17.7 Å². The van der Waals surface area contributed by atoms with Crippen molar-refractivity contribution in [1.82, 2.24) is 9.88 Å². The van der Waals surface area contributed by atoms with Crippen LogP contribution in [0.25, 0.3) is 10.8 Å². The van der Waals surface area contributed by atoms with E-state index in [1.807, 2.05) is 19.1 Å². The van der Waals surface area contributed by atoms with E-state index in [-0.39, 0.29) is 17.4 Å². The summed E-state index contributed by atoms with van der Waals surface area (Å²) in [5.41, 5.74) is 1.02. The molecule has 2 heterocycles. The summed E-state index contributed by atoms with van der Waals surface area (Å²) in [6.45, 7) is 8.79. The minimum Gasteiger partial charge on any atom is -0.506 e. The summed E-state index contributed by atoms with van der Waals surface area (Å²) in [4.78, 5) is 20.0. The van der Waals surface area contributed by atoms with Crippen LogP contribution in [-0.2, 0) is 12.7 Å². The van der Waals surface area contributed by atoms with Gasteiger partial charge in [-0.1, -0.05) is 26.0 Å². The topological polar surface area (TPSA) is 76.9 Å². The molecule has 0 saturated carbocycles. The number of nitrogens with zero attached hydrogens (tertiary/aromatic N) is 3. The lowest BCUT2D eigenvalue weighted by atomic mass is 9.97. The van der Waals surface area contributed by atoms with E-state index in [4.69, 9.17) is 0 Å². The molecule has 0 unspecified atom stereocenters. The van der Waals surface area contributed by atoms with Crippen molar-refractivity contribution in [3.63, 3.8) is 0 Å². The molecule has 1 aliphatic heterocycles. The quantitative estimate of drug-likeness (QED) is 0.451. The average molecular weight is 502 g/mol. The average Bonchev–Trinajstić information content (AvgIpc) is 2.79. The molecular weight excluding hydrogens is 471 g/mol. The number of aryl methyl sites for hydroxylation is 1. The number of piperazine rings is 1. The fourth-order valence-electron chi connectivity index (χ4n) is 5.04. The summed E-state index contributed by atoms with van der Waals surface area (Å²) < 4.78 is 38.9. The maximum absolute atomic E-state index is 13.0. The number of hydrogen-bond acceptors (Lipinski definition) is 5. The second-order valence-electron chi connectivity index (χ2n) is 9.89. The predicted molar refractivity (Wildman–Crippen MR) is 132 cm³/mol. The van der Waals surface area contributed by atoms with Crippen molar-refractivity contribution in [2.75, 3.05) is 24.5 Å². The van der Waals surface area contributed by atoms with Gasteiger partial charge in [0.15, 0.2) is 0 Å². The predicted octanol–water partition coefficient (Wildman–Crippen LogP) is 5.70. The van der Waals surface area contributed by atoms with Crippen molar-refractivity contribution in [3.05, 3.63) is 64.8 Å². The lowest BCUT2D eigenvalue weighted by Crippen LogP contribution is -2.53. The molecule has 36 heavy (non-hydrogen) atoms. The lowest BCUT2D eigenvalue weighted by molar-refractivity contribution is -0.137. The van der Waals surface area contributed by atoms with Crippen LogP contribution in [0.5, 0.6) is 5.75 Å². The number of anilines is 1. The Morgan fingerprint density at radius 2 is 1.89 bits per heavy atom. The molecular formula is C27H30F3N3O3. The van der Waals surface area contributed by atoms with Gasteiger partial charge in [-0.15, -0.1) is 0 Å². The number of carboxylic acid groups (broad SMARTS) is 1. The van der Waals surface area contributed by atoms with Gasteiger partial charge in [0.2, 0.25) is 0 Å². The molecule has 0 spiro atoms. The summed E-state index contributed by atoms with van der Waals surface area (Å²) in [6, 6.07) is 9.62. The molecule has 2 aromatic carbocycles. The molecule has 0 bridgehead atoms. The summed E-state index contributed by atoms with van der Waals surface area (Å²) in [6.07, 6.45) is -2.66. The number of aromatic carboxylic acids is 1. The van der Waals surface area contributed by atoms with Gasteiger partial charge in [0.25, 0.3) is 0 Å². The Morgan fingerprint density at radius 3 is 2.50 bits per heavy atom. The van der Waals surface area contributed by atoms with Crippen LogP contribution >= 0.6 is 0 Å². The molecule has 1 aliphatic rings. The largest absolute Gasteiger partial charge is 0.506 e. The smallest absolute Gasteiger partial charge is 0.417 e. The summed E-state index contributed by atoms with van der Waals surface area (Å²) in [5.74, 6) is -0.481. The number of aromatic hydroxyl groups is 1. The van der Waals surface area contributed by atoms with Gasteiger partial charge in [0.1, 0.15) is 17.1 Å². The molecule has 9 heteroatoms. The van der Waals surface area contributed by atoms with Crippen LogP contribution in [0.2, 0.25) is 0 Å². The fraction of sp³-hybridized carbons (Fsp3) is 0.407. The molecule has 0 aliphatic carbocycles. The van der Waals surface area contributed by atoms with Crippen LogP contribution < -0.4 is 4.90 Å². The molecule has 3 aromatic rings. The molecule has 0 amide bonds. The van der Waals surface area contributed by atoms with Crippen LogP contribution in [0.3, 0.4) is 0 Å². The number of carboxylic acids is 1. The van der Waals surface area contributed by atoms with Gasteiger partial charge in [-0.2, -0.15) is 13.2 Å². The summed E-state index contributed by atoms with van der Waals surface area (Å²) in [5, 5.41) is 21.2. The summed E-state index contributed by atoms with van der Waals surface area (Å²) in [7, 11) is 0. The maximum Gasteiger partial charge on any atom is 0.417 e. The van der Waals surface area contributed by atoms with Crippen molar-refractivity contribution in [3.8, 4) is 5.75 Å². The molecule has 192 valence electrons. The van der Waals surface area contributed by atoms with Crippen molar-refractivity contribution in [1.29, 1.82) is 0 Å². The Labute approximate surface area is 208 Å². The van der Waals surface area contributed by atoms with Gasteiger partial charge >= 0.3 is 12.1 Å². The first kappa shape index (κ1) is 25.8. The fourth-order valence-corrected chi connectivity index (χ4v) is 5.04. The molecule has 4 rings (SSSR count). The Kier molecular flexibility index (Phi) is 7.13. The Morgan fingerprint density at radius 1 is 1.14 bits per heavy atom. The van der Waals surface area contributed by atoms with Gasteiger partial charge in [0.05, 0.1) is 5.56 Å². The molecule has 2 N–H and O–H groups in total. The number of phenols is 1. The molecule has 1 aromatic heterocycles. The van der Waals surface area contributed by atoms with E-state index in [1.54, 1.807) is 6.07 Å². The van der Waals surface area contributed by atoms with Gasteiger partial charge < -0.3 is 15.1 Å². The minimum atomic E-state index is -4.42. The number of halogens is 3. The highest BCUT2D eigenvalue weighted by molar-refractivity contribution is 6.01. The number of carbonyl (C=O) groups is 1. The van der Waals surface area contributed by atoms with Crippen LogP contribution in [0.4, 0.5) is 19.0 Å². The van der Waals surface area contributed by atoms with Crippen molar-refractivity contribution in [2.24, 2.45) is 5.92 Å². The highest BCUT2D eigenvalue weighted by atomic mass is 19.4. The number of aromatic nitrogens is 1. The lowest BCUT2D eigenvalue weighted by Gasteiger charge is -2.43. The zero-order valence-corrected chi connectivity index (χ0v) is 20.5. The second kappa shape index (κ2) is 9.97. The van der Waals surface area contributed by atoms with Gasteiger partial charge in [0, 0.05) is 43.8 Å². The maximum atomic E-state index is 13.0. The van der Waals surface area contributed by atoms with Crippen molar-refractivity contribution < 1.29 is 28.2 Å². The van der Waals surface area contributed by atoms with Gasteiger partial charge in [-0.3, -0.25) is 4.90 Å². The second-order valence-corrected chi connectivity index (χ2v) is 9.89. The third-order valence-electron chi connectivity index (χ3n) is 6.69. The first-order valence-electron chi connectivity index (χ1n) is 11.9. The van der Waals surface area contributed by atoms with Crippen molar-refractivity contribution >= 4 is 22.6 Å². The number of hydrogen-bond donors (Lipinski definition) is 2.